The lowest BCUT2D eigenvalue weighted by Crippen LogP contribution is -2.48. The highest BCUT2D eigenvalue weighted by Crippen LogP contribution is 2.41. The number of rotatable bonds is 4. The number of alkyl halides is 2. The third-order valence-corrected chi connectivity index (χ3v) is 7.05. The third-order valence-electron chi connectivity index (χ3n) is 7.05. The number of fused-ring (bicyclic) bond motifs is 2. The van der Waals surface area contributed by atoms with Crippen molar-refractivity contribution in [3.63, 3.8) is 0 Å². The van der Waals surface area contributed by atoms with E-state index in [0.717, 1.165) is 42.5 Å². The van der Waals surface area contributed by atoms with E-state index in [1.807, 2.05) is 11.0 Å². The summed E-state index contributed by atoms with van der Waals surface area (Å²) in [4.78, 5) is 24.9. The maximum Gasteiger partial charge on any atom is 0.586 e. The first-order valence-electron chi connectivity index (χ1n) is 12.0. The van der Waals surface area contributed by atoms with E-state index in [9.17, 15) is 13.6 Å². The van der Waals surface area contributed by atoms with Crippen molar-refractivity contribution in [1.29, 1.82) is 0 Å². The van der Waals surface area contributed by atoms with Crippen LogP contribution in [0.1, 0.15) is 40.5 Å². The smallest absolute Gasteiger partial charge is 0.395 e. The minimum Gasteiger partial charge on any atom is -0.395 e. The average Bonchev–Trinajstić information content (AvgIpc) is 3.43. The predicted molar refractivity (Wildman–Crippen MR) is 125 cm³/mol. The molecule has 0 unspecified atom stereocenters. The average molecular weight is 484 g/mol. The molecule has 0 radical (unpaired) electrons. The van der Waals surface area contributed by atoms with Crippen molar-refractivity contribution in [2.45, 2.75) is 31.6 Å². The summed E-state index contributed by atoms with van der Waals surface area (Å²) in [5.41, 5.74) is 3.85. The SMILES string of the molecule is O=C(c1nc2ccc(C3CCNCC3)cc2[nH]1)N1CCN(Cc2ccc3c(c2)OC(F)(F)O3)CC1. The van der Waals surface area contributed by atoms with Crippen LogP contribution in [0.5, 0.6) is 11.5 Å². The van der Waals surface area contributed by atoms with Crippen LogP contribution in [0.4, 0.5) is 8.78 Å². The van der Waals surface area contributed by atoms with Crippen molar-refractivity contribution in [2.24, 2.45) is 0 Å². The number of H-pyrrole nitrogens is 1. The Hall–Kier alpha value is -3.24. The first-order valence-corrected chi connectivity index (χ1v) is 12.0. The molecule has 4 heterocycles. The Bertz CT molecular complexity index is 1250. The van der Waals surface area contributed by atoms with Crippen molar-refractivity contribution in [3.05, 3.63) is 53.3 Å². The number of ether oxygens (including phenoxy) is 2. The lowest BCUT2D eigenvalue weighted by Gasteiger charge is -2.34. The summed E-state index contributed by atoms with van der Waals surface area (Å²) in [5, 5.41) is 3.39. The van der Waals surface area contributed by atoms with Crippen molar-refractivity contribution >= 4 is 16.9 Å². The van der Waals surface area contributed by atoms with Crippen LogP contribution >= 0.6 is 0 Å². The van der Waals surface area contributed by atoms with Gasteiger partial charge in [0.2, 0.25) is 0 Å². The molecule has 1 amide bonds. The largest absolute Gasteiger partial charge is 0.586 e. The van der Waals surface area contributed by atoms with Gasteiger partial charge in [0.1, 0.15) is 0 Å². The summed E-state index contributed by atoms with van der Waals surface area (Å²) < 4.78 is 35.5. The number of aromatic nitrogens is 2. The maximum absolute atomic E-state index is 13.3. The Morgan fingerprint density at radius 2 is 1.80 bits per heavy atom. The molecule has 184 valence electrons. The molecule has 8 nitrogen and oxygen atoms in total. The molecule has 0 aliphatic carbocycles. The highest BCUT2D eigenvalue weighted by molar-refractivity contribution is 5.94. The van der Waals surface area contributed by atoms with Gasteiger partial charge in [-0.05, 0) is 67.2 Å². The summed E-state index contributed by atoms with van der Waals surface area (Å²) in [7, 11) is 0. The number of amides is 1. The number of piperazine rings is 1. The molecule has 2 aromatic carbocycles. The molecule has 35 heavy (non-hydrogen) atoms. The molecular weight excluding hydrogens is 456 g/mol. The Kier molecular flexibility index (Phi) is 5.57. The topological polar surface area (TPSA) is 82.7 Å². The first-order chi connectivity index (χ1) is 16.9. The molecule has 1 aromatic heterocycles. The van der Waals surface area contributed by atoms with E-state index < -0.39 is 6.29 Å². The van der Waals surface area contributed by atoms with Crippen molar-refractivity contribution < 1.29 is 23.0 Å². The Labute approximate surface area is 201 Å². The van der Waals surface area contributed by atoms with Crippen LogP contribution < -0.4 is 14.8 Å². The zero-order valence-electron chi connectivity index (χ0n) is 19.2. The summed E-state index contributed by atoms with van der Waals surface area (Å²) in [6.45, 7) is 5.14. The van der Waals surface area contributed by atoms with Gasteiger partial charge >= 0.3 is 6.29 Å². The summed E-state index contributed by atoms with van der Waals surface area (Å²) in [5.74, 6) is 0.900. The molecule has 0 bridgehead atoms. The number of halogens is 2. The minimum absolute atomic E-state index is 0.0443. The maximum atomic E-state index is 13.3. The van der Waals surface area contributed by atoms with E-state index in [2.05, 4.69) is 41.8 Å². The quantitative estimate of drug-likeness (QED) is 0.593. The molecular formula is C25H27F2N5O3. The molecule has 3 aliphatic rings. The summed E-state index contributed by atoms with van der Waals surface area (Å²) in [6.07, 6.45) is -1.37. The van der Waals surface area contributed by atoms with Gasteiger partial charge in [0.15, 0.2) is 17.3 Å². The Morgan fingerprint density at radius 3 is 2.60 bits per heavy atom. The molecule has 0 spiro atoms. The van der Waals surface area contributed by atoms with Crippen LogP contribution in [0.15, 0.2) is 36.4 Å². The molecule has 3 aromatic rings. The Balaban J connectivity index is 1.07. The van der Waals surface area contributed by atoms with Crippen LogP contribution in [0.3, 0.4) is 0 Å². The highest BCUT2D eigenvalue weighted by atomic mass is 19.3. The van der Waals surface area contributed by atoms with Gasteiger partial charge in [0.05, 0.1) is 11.0 Å². The number of hydrogen-bond donors (Lipinski definition) is 2. The zero-order valence-corrected chi connectivity index (χ0v) is 19.2. The van der Waals surface area contributed by atoms with Gasteiger partial charge in [-0.2, -0.15) is 0 Å². The van der Waals surface area contributed by atoms with Gasteiger partial charge in [-0.1, -0.05) is 12.1 Å². The molecule has 3 aliphatic heterocycles. The second-order valence-corrected chi connectivity index (χ2v) is 9.40. The predicted octanol–water partition coefficient (Wildman–Crippen LogP) is 3.31. The van der Waals surface area contributed by atoms with Gasteiger partial charge in [-0.3, -0.25) is 9.69 Å². The van der Waals surface area contributed by atoms with Crippen LogP contribution in [-0.2, 0) is 6.54 Å². The number of piperidine rings is 1. The Morgan fingerprint density at radius 1 is 1.03 bits per heavy atom. The number of aromatic amines is 1. The monoisotopic (exact) mass is 483 g/mol. The lowest BCUT2D eigenvalue weighted by atomic mass is 9.90. The van der Waals surface area contributed by atoms with E-state index in [1.54, 1.807) is 12.1 Å². The molecule has 2 fully saturated rings. The van der Waals surface area contributed by atoms with E-state index in [1.165, 1.54) is 11.6 Å². The highest BCUT2D eigenvalue weighted by Gasteiger charge is 2.43. The minimum atomic E-state index is -3.61. The third kappa shape index (κ3) is 4.55. The van der Waals surface area contributed by atoms with Gasteiger partial charge in [0.25, 0.3) is 5.91 Å². The molecule has 2 saturated heterocycles. The zero-order chi connectivity index (χ0) is 24.0. The second-order valence-electron chi connectivity index (χ2n) is 9.40. The van der Waals surface area contributed by atoms with Crippen molar-refractivity contribution in [3.8, 4) is 11.5 Å². The van der Waals surface area contributed by atoms with Crippen molar-refractivity contribution in [1.82, 2.24) is 25.1 Å². The molecule has 2 N–H and O–H groups in total. The number of carbonyl (C=O) groups excluding carboxylic acids is 1. The number of nitrogens with zero attached hydrogens (tertiary/aromatic N) is 3. The number of nitrogens with one attached hydrogen (secondary N) is 2. The molecule has 0 atom stereocenters. The molecule has 6 rings (SSSR count). The normalized spacial score (nSPS) is 20.5. The molecule has 0 saturated carbocycles. The summed E-state index contributed by atoms with van der Waals surface area (Å²) in [6, 6.07) is 11.1. The number of carbonyl (C=O) groups is 1. The van der Waals surface area contributed by atoms with Crippen LogP contribution in [0, 0.1) is 0 Å². The van der Waals surface area contributed by atoms with Gasteiger partial charge in [-0.25, -0.2) is 4.98 Å². The van der Waals surface area contributed by atoms with Gasteiger partial charge in [-0.15, -0.1) is 8.78 Å². The van der Waals surface area contributed by atoms with E-state index >= 15 is 0 Å². The number of imidazole rings is 1. The molecule has 10 heteroatoms. The van der Waals surface area contributed by atoms with Crippen LogP contribution in [-0.4, -0.2) is 71.2 Å². The fourth-order valence-electron chi connectivity index (χ4n) is 5.15. The lowest BCUT2D eigenvalue weighted by molar-refractivity contribution is -0.286. The van der Waals surface area contributed by atoms with Crippen LogP contribution in [0.2, 0.25) is 0 Å². The summed E-state index contributed by atoms with van der Waals surface area (Å²) >= 11 is 0. The van der Waals surface area contributed by atoms with Crippen molar-refractivity contribution in [2.75, 3.05) is 39.3 Å². The van der Waals surface area contributed by atoms with E-state index in [-0.39, 0.29) is 17.4 Å². The van der Waals surface area contributed by atoms with Crippen LogP contribution in [0.25, 0.3) is 11.0 Å². The fraction of sp³-hybridized carbons (Fsp3) is 0.440. The number of benzene rings is 2. The number of hydrogen-bond acceptors (Lipinski definition) is 6. The van der Waals surface area contributed by atoms with E-state index in [4.69, 9.17) is 0 Å². The van der Waals surface area contributed by atoms with Gasteiger partial charge in [0, 0.05) is 32.7 Å². The first kappa shape index (κ1) is 22.2. The second kappa shape index (κ2) is 8.76. The van der Waals surface area contributed by atoms with E-state index in [0.29, 0.717) is 44.5 Å². The van der Waals surface area contributed by atoms with Gasteiger partial charge < -0.3 is 24.7 Å². The fourth-order valence-corrected chi connectivity index (χ4v) is 5.15. The standard InChI is InChI=1S/C25H27F2N5O3/c26-25(27)34-21-4-1-16(13-22(21)35-25)15-31-9-11-32(12-10-31)24(33)23-29-19-3-2-18(14-20(19)30-23)17-5-7-28-8-6-17/h1-4,13-14,17,28H,5-12,15H2,(H,29,30).